The summed E-state index contributed by atoms with van der Waals surface area (Å²) in [6.07, 6.45) is 2.96. The number of hydrogen-bond donors (Lipinski definition) is 1. The van der Waals surface area contributed by atoms with Crippen LogP contribution in [0.15, 0.2) is 39.9 Å². The van der Waals surface area contributed by atoms with Crippen LogP contribution in [0.3, 0.4) is 0 Å². The Hall–Kier alpha value is -1.62. The summed E-state index contributed by atoms with van der Waals surface area (Å²) in [5.41, 5.74) is 0.762. The minimum atomic E-state index is -0.310. The third-order valence-corrected chi connectivity index (χ3v) is 3.77. The second kappa shape index (κ2) is 5.82. The van der Waals surface area contributed by atoms with Gasteiger partial charge in [0.05, 0.1) is 6.04 Å². The third-order valence-electron chi connectivity index (χ3n) is 2.89. The van der Waals surface area contributed by atoms with Gasteiger partial charge in [0.15, 0.2) is 0 Å². The van der Waals surface area contributed by atoms with Crippen molar-refractivity contribution in [3.05, 3.63) is 56.0 Å². The molecule has 4 nitrogen and oxygen atoms in total. The van der Waals surface area contributed by atoms with E-state index in [-0.39, 0.29) is 16.6 Å². The smallest absolute Gasteiger partial charge is 0.263 e. The lowest BCUT2D eigenvalue weighted by atomic mass is 10.0. The van der Waals surface area contributed by atoms with Crippen LogP contribution in [-0.2, 0) is 0 Å². The maximum absolute atomic E-state index is 11.7. The number of H-pyrrole nitrogens is 1. The second-order valence-electron chi connectivity index (χ2n) is 4.20. The molecule has 1 heterocycles. The zero-order chi connectivity index (χ0) is 13.0. The first-order valence-corrected chi connectivity index (χ1v) is 6.86. The molecule has 5 heteroatoms. The van der Waals surface area contributed by atoms with Crippen LogP contribution in [0.2, 0.25) is 0 Å². The van der Waals surface area contributed by atoms with Gasteiger partial charge in [0.1, 0.15) is 0 Å². The van der Waals surface area contributed by atoms with Gasteiger partial charge in [-0.3, -0.25) is 9.78 Å². The number of aromatic nitrogens is 2. The monoisotopic (exact) mass is 264 g/mol. The number of nitrogens with zero attached hydrogens (tertiary/aromatic N) is 1. The van der Waals surface area contributed by atoms with E-state index in [1.54, 1.807) is 3.96 Å². The molecular weight excluding hydrogens is 248 g/mol. The summed E-state index contributed by atoms with van der Waals surface area (Å²) in [5.74, 6) is 0. The normalized spacial score (nSPS) is 12.5. The molecule has 0 aliphatic carbocycles. The Morgan fingerprint density at radius 2 is 2.00 bits per heavy atom. The van der Waals surface area contributed by atoms with Crippen LogP contribution in [0.1, 0.15) is 37.8 Å². The van der Waals surface area contributed by atoms with E-state index in [9.17, 15) is 9.59 Å². The zero-order valence-electron chi connectivity index (χ0n) is 10.3. The fourth-order valence-corrected chi connectivity index (χ4v) is 2.79. The van der Waals surface area contributed by atoms with Crippen molar-refractivity contribution in [2.45, 2.75) is 32.2 Å². The first kappa shape index (κ1) is 12.8. The van der Waals surface area contributed by atoms with Crippen molar-refractivity contribution < 1.29 is 0 Å². The van der Waals surface area contributed by atoms with Crippen LogP contribution in [0.25, 0.3) is 0 Å². The predicted molar refractivity (Wildman–Crippen MR) is 73.3 cm³/mol. The predicted octanol–water partition coefficient (Wildman–Crippen LogP) is 2.38. The zero-order valence-corrected chi connectivity index (χ0v) is 11.1. The highest BCUT2D eigenvalue weighted by atomic mass is 32.1. The Bertz CT molecular complexity index is 597. The summed E-state index contributed by atoms with van der Waals surface area (Å²) in [5, 5.41) is 0. The van der Waals surface area contributed by atoms with Gasteiger partial charge in [-0.05, 0) is 12.0 Å². The van der Waals surface area contributed by atoms with E-state index in [1.165, 1.54) is 0 Å². The summed E-state index contributed by atoms with van der Waals surface area (Å²) in [4.78, 5) is 25.0. The maximum atomic E-state index is 11.7. The van der Waals surface area contributed by atoms with E-state index in [2.05, 4.69) is 11.9 Å². The average Bonchev–Trinajstić information content (AvgIpc) is 2.70. The highest BCUT2D eigenvalue weighted by molar-refractivity contribution is 7.03. The van der Waals surface area contributed by atoms with E-state index in [0.717, 1.165) is 36.4 Å². The largest absolute Gasteiger partial charge is 0.339 e. The van der Waals surface area contributed by atoms with Crippen LogP contribution >= 0.6 is 11.5 Å². The summed E-state index contributed by atoms with van der Waals surface area (Å²) >= 11 is 0.961. The summed E-state index contributed by atoms with van der Waals surface area (Å²) < 4.78 is 1.55. The van der Waals surface area contributed by atoms with Crippen LogP contribution in [0.4, 0.5) is 0 Å². The first-order chi connectivity index (χ1) is 8.72. The molecule has 1 aromatic carbocycles. The molecule has 18 heavy (non-hydrogen) atoms. The minimum Gasteiger partial charge on any atom is -0.263 e. The van der Waals surface area contributed by atoms with Crippen LogP contribution in [-0.4, -0.2) is 8.94 Å². The first-order valence-electron chi connectivity index (χ1n) is 6.09. The van der Waals surface area contributed by atoms with E-state index < -0.39 is 0 Å². The lowest BCUT2D eigenvalue weighted by Gasteiger charge is -2.16. The lowest BCUT2D eigenvalue weighted by molar-refractivity contribution is 0.530. The highest BCUT2D eigenvalue weighted by Crippen LogP contribution is 2.23. The van der Waals surface area contributed by atoms with Crippen LogP contribution in [0.5, 0.6) is 0 Å². The van der Waals surface area contributed by atoms with Crippen molar-refractivity contribution in [1.29, 1.82) is 0 Å². The molecule has 1 aromatic heterocycles. The molecule has 0 fully saturated rings. The van der Waals surface area contributed by atoms with Gasteiger partial charge in [-0.2, -0.15) is 0 Å². The van der Waals surface area contributed by atoms with Gasteiger partial charge in [0, 0.05) is 11.5 Å². The summed E-state index contributed by atoms with van der Waals surface area (Å²) in [6, 6.07) is 9.81. The van der Waals surface area contributed by atoms with Gasteiger partial charge in [-0.25, -0.2) is 8.75 Å². The molecule has 1 N–H and O–H groups in total. The molecule has 0 saturated heterocycles. The van der Waals surface area contributed by atoms with Crippen molar-refractivity contribution in [3.8, 4) is 0 Å². The number of benzene rings is 1. The topological polar surface area (TPSA) is 54.9 Å². The summed E-state index contributed by atoms with van der Waals surface area (Å²) in [7, 11) is 0. The second-order valence-corrected chi connectivity index (χ2v) is 5.15. The lowest BCUT2D eigenvalue weighted by Crippen LogP contribution is -2.22. The van der Waals surface area contributed by atoms with E-state index >= 15 is 0 Å². The third kappa shape index (κ3) is 2.79. The van der Waals surface area contributed by atoms with E-state index in [4.69, 9.17) is 0 Å². The van der Waals surface area contributed by atoms with Crippen molar-refractivity contribution in [1.82, 2.24) is 8.94 Å². The number of aromatic amines is 1. The number of unbranched alkanes of at least 4 members (excludes halogenated alkanes) is 1. The van der Waals surface area contributed by atoms with Gasteiger partial charge >= 0.3 is 10.6 Å². The van der Waals surface area contributed by atoms with Gasteiger partial charge in [-0.15, -0.1) is 0 Å². The molecule has 96 valence electrons. The minimum absolute atomic E-state index is 0.0393. The Morgan fingerprint density at radius 1 is 1.28 bits per heavy atom. The van der Waals surface area contributed by atoms with E-state index in [1.807, 2.05) is 30.3 Å². The Labute approximate surface area is 109 Å². The average molecular weight is 264 g/mol. The molecule has 1 atom stereocenters. The van der Waals surface area contributed by atoms with Gasteiger partial charge < -0.3 is 0 Å². The van der Waals surface area contributed by atoms with Crippen LogP contribution in [0, 0.1) is 0 Å². The van der Waals surface area contributed by atoms with Crippen molar-refractivity contribution >= 4 is 11.5 Å². The number of nitrogens with one attached hydrogen (secondary N) is 1. The molecule has 0 aliphatic heterocycles. The fourth-order valence-electron chi connectivity index (χ4n) is 1.99. The Kier molecular flexibility index (Phi) is 4.15. The van der Waals surface area contributed by atoms with Gasteiger partial charge in [-0.1, -0.05) is 50.1 Å². The molecular formula is C13H16N2O2S. The molecule has 0 saturated carbocycles. The fraction of sp³-hybridized carbons (Fsp3) is 0.385. The van der Waals surface area contributed by atoms with E-state index in [0.29, 0.717) is 0 Å². The van der Waals surface area contributed by atoms with Crippen LogP contribution < -0.4 is 10.6 Å². The molecule has 1 unspecified atom stereocenters. The Balaban J connectivity index is 2.40. The Morgan fingerprint density at radius 3 is 2.56 bits per heavy atom. The molecule has 0 aliphatic rings. The molecule has 2 aromatic rings. The molecule has 0 amide bonds. The van der Waals surface area contributed by atoms with Gasteiger partial charge in [0.2, 0.25) is 0 Å². The standard InChI is InChI=1S/C13H16N2O2S/c1-2-3-9-11(10-7-5-4-6-8-10)15-12(16)14-13(17)18-15/h4-8,11H,2-3,9H2,1H3,(H,14,16,17). The molecule has 0 radical (unpaired) electrons. The summed E-state index contributed by atoms with van der Waals surface area (Å²) in [6.45, 7) is 2.12. The van der Waals surface area contributed by atoms with Crippen molar-refractivity contribution in [2.24, 2.45) is 0 Å². The highest BCUT2D eigenvalue weighted by Gasteiger charge is 2.16. The van der Waals surface area contributed by atoms with Gasteiger partial charge in [0.25, 0.3) is 0 Å². The number of rotatable bonds is 5. The number of hydrogen-bond acceptors (Lipinski definition) is 3. The van der Waals surface area contributed by atoms with Crippen molar-refractivity contribution in [3.63, 3.8) is 0 Å². The van der Waals surface area contributed by atoms with Crippen molar-refractivity contribution in [2.75, 3.05) is 0 Å². The maximum Gasteiger partial charge on any atom is 0.339 e. The SMILES string of the molecule is CCCCC(c1ccccc1)n1sc(=O)[nH]c1=O. The molecule has 0 bridgehead atoms. The molecule has 0 spiro atoms. The molecule has 2 rings (SSSR count). The quantitative estimate of drug-likeness (QED) is 0.901.